The quantitative estimate of drug-likeness (QED) is 0.212. The zero-order valence-corrected chi connectivity index (χ0v) is 22.7. The smallest absolute Gasteiger partial charge is 0.328 e. The lowest BCUT2D eigenvalue weighted by Gasteiger charge is -2.16. The van der Waals surface area contributed by atoms with Crippen LogP contribution in [0.5, 0.6) is 5.75 Å². The Kier molecular flexibility index (Phi) is 12.1. The van der Waals surface area contributed by atoms with Crippen molar-refractivity contribution in [3.05, 3.63) is 78.0 Å². The van der Waals surface area contributed by atoms with Gasteiger partial charge in [0.2, 0.25) is 5.91 Å². The molecular formula is C30H29N5O6. The van der Waals surface area contributed by atoms with E-state index in [0.717, 1.165) is 5.69 Å². The molecule has 0 aliphatic carbocycles. The zero-order chi connectivity index (χ0) is 30.4. The number of likely N-dealkylation sites (N-methyl/N-ethyl adjacent to an activating group) is 1. The number of aliphatic carboxylic acids is 2. The van der Waals surface area contributed by atoms with Gasteiger partial charge in [-0.1, -0.05) is 18.1 Å². The number of nitrogens with one attached hydrogen (secondary N) is 2. The van der Waals surface area contributed by atoms with Crippen molar-refractivity contribution in [3.8, 4) is 24.2 Å². The van der Waals surface area contributed by atoms with Gasteiger partial charge < -0.3 is 30.5 Å². The fourth-order valence-electron chi connectivity index (χ4n) is 3.33. The molecule has 0 spiro atoms. The third-order valence-electron chi connectivity index (χ3n) is 5.05. The fourth-order valence-corrected chi connectivity index (χ4v) is 3.33. The largest absolute Gasteiger partial charge is 0.492 e. The van der Waals surface area contributed by atoms with Gasteiger partial charge >= 0.3 is 11.9 Å². The number of ether oxygens (including phenoxy) is 1. The van der Waals surface area contributed by atoms with E-state index in [4.69, 9.17) is 21.4 Å². The van der Waals surface area contributed by atoms with E-state index >= 15 is 0 Å². The number of nitrogens with zero attached hydrogens (tertiary/aromatic N) is 3. The average Bonchev–Trinajstić information content (AvgIpc) is 2.93. The number of amides is 1. The Morgan fingerprint density at radius 1 is 1.12 bits per heavy atom. The SMILES string of the molecule is C#Cc1cccc(Nc2c(C#N)cnc3cc(OCC)c(NC(=O)/C=C/CN(C)C)cc23)c1.O=C(O)/C=C/C(=O)O. The summed E-state index contributed by atoms with van der Waals surface area (Å²) in [5.74, 6) is 0.307. The lowest BCUT2D eigenvalue weighted by molar-refractivity contribution is -0.134. The number of hydrogen-bond acceptors (Lipinski definition) is 8. The molecule has 3 rings (SSSR count). The third-order valence-corrected chi connectivity index (χ3v) is 5.05. The normalized spacial score (nSPS) is 10.5. The molecule has 11 heteroatoms. The minimum Gasteiger partial charge on any atom is -0.492 e. The van der Waals surface area contributed by atoms with E-state index in [0.29, 0.717) is 64.5 Å². The molecule has 1 amide bonds. The van der Waals surface area contributed by atoms with Crippen LogP contribution in [0.15, 0.2) is 66.9 Å². The molecule has 11 nitrogen and oxygen atoms in total. The van der Waals surface area contributed by atoms with Gasteiger partial charge in [0, 0.05) is 53.7 Å². The second-order valence-electron chi connectivity index (χ2n) is 8.47. The predicted octanol–water partition coefficient (Wildman–Crippen LogP) is 4.00. The summed E-state index contributed by atoms with van der Waals surface area (Å²) < 4.78 is 5.74. The van der Waals surface area contributed by atoms with Gasteiger partial charge in [-0.25, -0.2) is 9.59 Å². The summed E-state index contributed by atoms with van der Waals surface area (Å²) >= 11 is 0. The highest BCUT2D eigenvalue weighted by Crippen LogP contribution is 2.36. The summed E-state index contributed by atoms with van der Waals surface area (Å²) in [5, 5.41) is 32.1. The monoisotopic (exact) mass is 555 g/mol. The summed E-state index contributed by atoms with van der Waals surface area (Å²) in [4.78, 5) is 38.0. The van der Waals surface area contributed by atoms with Crippen molar-refractivity contribution in [2.75, 3.05) is 37.9 Å². The molecule has 210 valence electrons. The molecule has 0 aliphatic heterocycles. The first-order chi connectivity index (χ1) is 19.6. The standard InChI is InChI=1S/C26H25N5O2.C4H4O4/c1-5-18-9-7-10-20(13-18)29-26-19(16-27)17-28-22-15-24(33-6-2)23(14-21(22)26)30-25(32)11-8-12-31(3)4;5-3(6)1-2-4(7)8/h1,7-11,13-15,17H,6,12H2,2-4H3,(H,28,29)(H,30,32);1-2H,(H,5,6)(H,7,8)/b11-8+;2-1+. The van der Waals surface area contributed by atoms with Crippen molar-refractivity contribution in [1.29, 1.82) is 5.26 Å². The second kappa shape index (κ2) is 15.7. The van der Waals surface area contributed by atoms with Crippen molar-refractivity contribution in [3.63, 3.8) is 0 Å². The van der Waals surface area contributed by atoms with Gasteiger partial charge in [0.05, 0.1) is 29.1 Å². The number of nitriles is 1. The number of fused-ring (bicyclic) bond motifs is 1. The minimum absolute atomic E-state index is 0.280. The van der Waals surface area contributed by atoms with Crippen LogP contribution in [0.1, 0.15) is 18.1 Å². The Labute approximate surface area is 237 Å². The molecule has 0 saturated carbocycles. The van der Waals surface area contributed by atoms with Crippen molar-refractivity contribution in [1.82, 2.24) is 9.88 Å². The minimum atomic E-state index is -1.26. The number of terminal acetylenes is 1. The number of carbonyl (C=O) groups is 3. The Balaban J connectivity index is 0.000000642. The van der Waals surface area contributed by atoms with Crippen molar-refractivity contribution in [2.24, 2.45) is 0 Å². The Hall–Kier alpha value is -5.65. The van der Waals surface area contributed by atoms with Crippen LogP contribution in [0.4, 0.5) is 17.1 Å². The molecule has 1 aromatic heterocycles. The summed E-state index contributed by atoms with van der Waals surface area (Å²) in [6, 6.07) is 13.0. The van der Waals surface area contributed by atoms with Crippen LogP contribution >= 0.6 is 0 Å². The third kappa shape index (κ3) is 10.2. The van der Waals surface area contributed by atoms with E-state index in [1.807, 2.05) is 50.2 Å². The van der Waals surface area contributed by atoms with Crippen LogP contribution < -0.4 is 15.4 Å². The molecule has 3 aromatic rings. The molecular weight excluding hydrogens is 526 g/mol. The number of carboxylic acid groups (broad SMARTS) is 2. The van der Waals surface area contributed by atoms with Crippen LogP contribution in [0.25, 0.3) is 10.9 Å². The van der Waals surface area contributed by atoms with Crippen LogP contribution in [0.2, 0.25) is 0 Å². The Morgan fingerprint density at radius 3 is 2.41 bits per heavy atom. The maximum atomic E-state index is 12.5. The molecule has 0 saturated heterocycles. The molecule has 0 bridgehead atoms. The average molecular weight is 556 g/mol. The van der Waals surface area contributed by atoms with E-state index in [1.165, 1.54) is 12.3 Å². The first kappa shape index (κ1) is 31.6. The molecule has 4 N–H and O–H groups in total. The van der Waals surface area contributed by atoms with E-state index < -0.39 is 11.9 Å². The van der Waals surface area contributed by atoms with Gasteiger partial charge in [-0.05, 0) is 45.3 Å². The molecule has 41 heavy (non-hydrogen) atoms. The molecule has 0 aliphatic rings. The molecule has 2 aromatic carbocycles. The number of rotatable bonds is 10. The first-order valence-corrected chi connectivity index (χ1v) is 12.2. The molecule has 0 atom stereocenters. The van der Waals surface area contributed by atoms with Gasteiger partial charge in [0.15, 0.2) is 0 Å². The summed E-state index contributed by atoms with van der Waals surface area (Å²) in [5.41, 5.74) is 3.49. The lowest BCUT2D eigenvalue weighted by Crippen LogP contribution is -2.13. The maximum absolute atomic E-state index is 12.5. The Morgan fingerprint density at radius 2 is 1.83 bits per heavy atom. The molecule has 1 heterocycles. The van der Waals surface area contributed by atoms with Crippen LogP contribution in [-0.4, -0.2) is 65.2 Å². The number of carbonyl (C=O) groups excluding carboxylic acids is 1. The number of pyridine rings is 1. The van der Waals surface area contributed by atoms with Crippen LogP contribution in [0, 0.1) is 23.7 Å². The van der Waals surface area contributed by atoms with Gasteiger partial charge in [0.1, 0.15) is 11.8 Å². The topological polar surface area (TPSA) is 165 Å². The highest BCUT2D eigenvalue weighted by molar-refractivity contribution is 6.04. The summed E-state index contributed by atoms with van der Waals surface area (Å²) in [7, 11) is 3.85. The number of hydrogen-bond donors (Lipinski definition) is 4. The predicted molar refractivity (Wildman–Crippen MR) is 156 cm³/mol. The maximum Gasteiger partial charge on any atom is 0.328 e. The van der Waals surface area contributed by atoms with E-state index in [9.17, 15) is 19.6 Å². The molecule has 0 unspecified atom stereocenters. The zero-order valence-electron chi connectivity index (χ0n) is 22.7. The second-order valence-corrected chi connectivity index (χ2v) is 8.47. The van der Waals surface area contributed by atoms with Gasteiger partial charge in [-0.2, -0.15) is 5.26 Å². The first-order valence-electron chi connectivity index (χ1n) is 12.2. The number of anilines is 3. The van der Waals surface area contributed by atoms with Crippen molar-refractivity contribution in [2.45, 2.75) is 6.92 Å². The van der Waals surface area contributed by atoms with Gasteiger partial charge in [0.25, 0.3) is 0 Å². The van der Waals surface area contributed by atoms with Crippen LogP contribution in [-0.2, 0) is 14.4 Å². The molecule has 0 fully saturated rings. The van der Waals surface area contributed by atoms with Crippen molar-refractivity contribution < 1.29 is 29.3 Å². The van der Waals surface area contributed by atoms with E-state index in [2.05, 4.69) is 27.6 Å². The van der Waals surface area contributed by atoms with Gasteiger partial charge in [-0.3, -0.25) is 9.78 Å². The molecule has 0 radical (unpaired) electrons. The number of aromatic nitrogens is 1. The number of carboxylic acids is 2. The van der Waals surface area contributed by atoms with Crippen molar-refractivity contribution >= 4 is 45.8 Å². The highest BCUT2D eigenvalue weighted by Gasteiger charge is 2.15. The van der Waals surface area contributed by atoms with Crippen LogP contribution in [0.3, 0.4) is 0 Å². The highest BCUT2D eigenvalue weighted by atomic mass is 16.5. The lowest BCUT2D eigenvalue weighted by atomic mass is 10.1. The van der Waals surface area contributed by atoms with E-state index in [-0.39, 0.29) is 5.91 Å². The number of benzene rings is 2. The van der Waals surface area contributed by atoms with Gasteiger partial charge in [-0.15, -0.1) is 6.42 Å². The van der Waals surface area contributed by atoms with E-state index in [1.54, 1.807) is 18.2 Å². The fraction of sp³-hybridized carbons (Fsp3) is 0.167. The summed E-state index contributed by atoms with van der Waals surface area (Å²) in [6.45, 7) is 2.93. The Bertz CT molecular complexity index is 1550. The summed E-state index contributed by atoms with van der Waals surface area (Å²) in [6.07, 6.45) is 11.4.